The molecule has 0 aliphatic rings. The lowest BCUT2D eigenvalue weighted by molar-refractivity contribution is -0.142. The number of rotatable bonds is 5. The van der Waals surface area contributed by atoms with Crippen LogP contribution in [0.15, 0.2) is 47.2 Å². The molecule has 1 aromatic heterocycles. The summed E-state index contributed by atoms with van der Waals surface area (Å²) in [5.74, 6) is -0.316. The van der Waals surface area contributed by atoms with Crippen molar-refractivity contribution < 1.29 is 19.1 Å². The third-order valence-corrected chi connectivity index (χ3v) is 3.08. The molecule has 2 rings (SSSR count). The van der Waals surface area contributed by atoms with Gasteiger partial charge in [0.15, 0.2) is 6.61 Å². The molecule has 0 spiro atoms. The van der Waals surface area contributed by atoms with Crippen LogP contribution in [0.3, 0.4) is 0 Å². The number of halogens is 1. The molecule has 1 amide bonds. The van der Waals surface area contributed by atoms with Gasteiger partial charge < -0.3 is 14.8 Å². The number of carbonyl (C=O) groups is 2. The van der Waals surface area contributed by atoms with E-state index in [4.69, 9.17) is 4.74 Å². The second kappa shape index (κ2) is 7.56. The molecule has 114 valence electrons. The van der Waals surface area contributed by atoms with Crippen molar-refractivity contribution in [1.82, 2.24) is 4.98 Å². The maximum Gasteiger partial charge on any atom is 0.343 e. The van der Waals surface area contributed by atoms with Gasteiger partial charge >= 0.3 is 5.97 Å². The Kier molecular flexibility index (Phi) is 5.48. The fraction of sp³-hybridized carbons (Fsp3) is 0.133. The van der Waals surface area contributed by atoms with E-state index in [2.05, 4.69) is 31.0 Å². The zero-order chi connectivity index (χ0) is 15.9. The number of methoxy groups -OCH3 is 1. The zero-order valence-electron chi connectivity index (χ0n) is 11.7. The normalized spacial score (nSPS) is 9.91. The first-order valence-corrected chi connectivity index (χ1v) is 7.09. The van der Waals surface area contributed by atoms with Crippen LogP contribution in [0.25, 0.3) is 0 Å². The first-order valence-electron chi connectivity index (χ1n) is 6.30. The number of esters is 1. The predicted molar refractivity (Wildman–Crippen MR) is 83.8 cm³/mol. The van der Waals surface area contributed by atoms with E-state index in [1.54, 1.807) is 36.5 Å². The van der Waals surface area contributed by atoms with E-state index >= 15 is 0 Å². The first kappa shape index (κ1) is 16.0. The van der Waals surface area contributed by atoms with Crippen molar-refractivity contribution in [3.05, 3.63) is 52.8 Å². The Morgan fingerprint density at radius 1 is 1.27 bits per heavy atom. The molecule has 0 radical (unpaired) electrons. The highest BCUT2D eigenvalue weighted by atomic mass is 79.9. The summed E-state index contributed by atoms with van der Waals surface area (Å²) in [6.45, 7) is -0.191. The van der Waals surface area contributed by atoms with Gasteiger partial charge in [0.05, 0.1) is 12.7 Å². The average Bonchev–Trinajstić information content (AvgIpc) is 2.53. The van der Waals surface area contributed by atoms with Gasteiger partial charge in [-0.15, -0.1) is 0 Å². The van der Waals surface area contributed by atoms with Crippen molar-refractivity contribution in [1.29, 1.82) is 0 Å². The molecular weight excluding hydrogens is 352 g/mol. The highest BCUT2D eigenvalue weighted by molar-refractivity contribution is 9.10. The summed E-state index contributed by atoms with van der Waals surface area (Å²) < 4.78 is 10.5. The van der Waals surface area contributed by atoms with Crippen molar-refractivity contribution in [3.63, 3.8) is 0 Å². The van der Waals surface area contributed by atoms with Crippen LogP contribution in [-0.4, -0.2) is 30.6 Å². The van der Waals surface area contributed by atoms with Gasteiger partial charge in [-0.1, -0.05) is 6.07 Å². The summed E-state index contributed by atoms with van der Waals surface area (Å²) in [4.78, 5) is 27.1. The molecule has 6 nitrogen and oxygen atoms in total. The van der Waals surface area contributed by atoms with E-state index in [1.165, 1.54) is 13.3 Å². The van der Waals surface area contributed by atoms with Crippen LogP contribution in [0.5, 0.6) is 5.75 Å². The molecule has 0 bridgehead atoms. The fourth-order valence-corrected chi connectivity index (χ4v) is 1.97. The standard InChI is InChI=1S/C15H13BrN2O4/c1-21-14(19)9-22-13-4-2-3-12(6-13)18-15(20)10-5-11(16)8-17-7-10/h2-8H,9H2,1H3,(H,18,20). The van der Waals surface area contributed by atoms with E-state index in [-0.39, 0.29) is 12.5 Å². The molecule has 0 saturated carbocycles. The highest BCUT2D eigenvalue weighted by Gasteiger charge is 2.08. The van der Waals surface area contributed by atoms with Crippen LogP contribution in [0.1, 0.15) is 10.4 Å². The Balaban J connectivity index is 2.03. The second-order valence-electron chi connectivity index (χ2n) is 4.24. The summed E-state index contributed by atoms with van der Waals surface area (Å²) in [6.07, 6.45) is 3.07. The van der Waals surface area contributed by atoms with Gasteiger partial charge in [-0.2, -0.15) is 0 Å². The zero-order valence-corrected chi connectivity index (χ0v) is 13.3. The largest absolute Gasteiger partial charge is 0.482 e. The molecule has 7 heteroatoms. The van der Waals surface area contributed by atoms with Gasteiger partial charge in [-0.05, 0) is 34.1 Å². The van der Waals surface area contributed by atoms with Crippen LogP contribution in [0.4, 0.5) is 5.69 Å². The van der Waals surface area contributed by atoms with E-state index in [1.807, 2.05) is 0 Å². The van der Waals surface area contributed by atoms with Crippen molar-refractivity contribution >= 4 is 33.5 Å². The fourth-order valence-electron chi connectivity index (χ4n) is 1.60. The molecule has 1 heterocycles. The van der Waals surface area contributed by atoms with E-state index < -0.39 is 5.97 Å². The van der Waals surface area contributed by atoms with Crippen molar-refractivity contribution in [2.24, 2.45) is 0 Å². The van der Waals surface area contributed by atoms with E-state index in [0.29, 0.717) is 17.0 Å². The molecule has 2 aromatic rings. The first-order chi connectivity index (χ1) is 10.6. The summed E-state index contributed by atoms with van der Waals surface area (Å²) in [6, 6.07) is 8.39. The minimum Gasteiger partial charge on any atom is -0.482 e. The van der Waals surface area contributed by atoms with Crippen LogP contribution in [0, 0.1) is 0 Å². The quantitative estimate of drug-likeness (QED) is 0.825. The lowest BCUT2D eigenvalue weighted by atomic mass is 10.2. The maximum absolute atomic E-state index is 12.1. The number of nitrogens with zero attached hydrogens (tertiary/aromatic N) is 1. The predicted octanol–water partition coefficient (Wildman–Crippen LogP) is 2.65. The Morgan fingerprint density at radius 3 is 2.82 bits per heavy atom. The number of pyridine rings is 1. The number of aromatic nitrogens is 1. The van der Waals surface area contributed by atoms with Gasteiger partial charge in [0, 0.05) is 28.6 Å². The van der Waals surface area contributed by atoms with Crippen LogP contribution >= 0.6 is 15.9 Å². The monoisotopic (exact) mass is 364 g/mol. The van der Waals surface area contributed by atoms with Gasteiger partial charge in [-0.3, -0.25) is 9.78 Å². The molecular formula is C15H13BrN2O4. The van der Waals surface area contributed by atoms with Crippen molar-refractivity contribution in [2.45, 2.75) is 0 Å². The van der Waals surface area contributed by atoms with Crippen molar-refractivity contribution in [2.75, 3.05) is 19.0 Å². The molecule has 0 atom stereocenters. The van der Waals surface area contributed by atoms with Gasteiger partial charge in [-0.25, -0.2) is 4.79 Å². The molecule has 0 aliphatic carbocycles. The minimum atomic E-state index is -0.477. The topological polar surface area (TPSA) is 77.5 Å². The lowest BCUT2D eigenvalue weighted by Crippen LogP contribution is -2.14. The van der Waals surface area contributed by atoms with Gasteiger partial charge in [0.1, 0.15) is 5.75 Å². The van der Waals surface area contributed by atoms with E-state index in [9.17, 15) is 9.59 Å². The Labute approximate surface area is 135 Å². The Bertz CT molecular complexity index is 691. The minimum absolute atomic E-state index is 0.191. The number of amides is 1. The molecule has 0 saturated heterocycles. The smallest absolute Gasteiger partial charge is 0.343 e. The molecule has 0 fully saturated rings. The Hall–Kier alpha value is -2.41. The van der Waals surface area contributed by atoms with E-state index in [0.717, 1.165) is 4.47 Å². The number of ether oxygens (including phenoxy) is 2. The van der Waals surface area contributed by atoms with Gasteiger partial charge in [0.2, 0.25) is 0 Å². The number of hydrogen-bond donors (Lipinski definition) is 1. The summed E-state index contributed by atoms with van der Waals surface area (Å²) in [7, 11) is 1.29. The highest BCUT2D eigenvalue weighted by Crippen LogP contribution is 2.18. The third-order valence-electron chi connectivity index (χ3n) is 2.64. The maximum atomic E-state index is 12.1. The summed E-state index contributed by atoms with van der Waals surface area (Å²) in [5.41, 5.74) is 0.975. The summed E-state index contributed by atoms with van der Waals surface area (Å²) in [5, 5.41) is 2.73. The molecule has 1 N–H and O–H groups in total. The number of hydrogen-bond acceptors (Lipinski definition) is 5. The van der Waals surface area contributed by atoms with Crippen LogP contribution in [0.2, 0.25) is 0 Å². The number of carbonyl (C=O) groups excluding carboxylic acids is 2. The molecule has 0 unspecified atom stereocenters. The third kappa shape index (κ3) is 4.56. The van der Waals surface area contributed by atoms with Crippen molar-refractivity contribution in [3.8, 4) is 5.75 Å². The average molecular weight is 365 g/mol. The van der Waals surface area contributed by atoms with Crippen LogP contribution < -0.4 is 10.1 Å². The molecule has 0 aliphatic heterocycles. The molecule has 1 aromatic carbocycles. The molecule has 22 heavy (non-hydrogen) atoms. The SMILES string of the molecule is COC(=O)COc1cccc(NC(=O)c2cncc(Br)c2)c1. The lowest BCUT2D eigenvalue weighted by Gasteiger charge is -2.08. The number of nitrogens with one attached hydrogen (secondary N) is 1. The second-order valence-corrected chi connectivity index (χ2v) is 5.15. The Morgan fingerprint density at radius 2 is 2.09 bits per heavy atom. The van der Waals surface area contributed by atoms with Gasteiger partial charge in [0.25, 0.3) is 5.91 Å². The number of benzene rings is 1. The number of anilines is 1. The summed E-state index contributed by atoms with van der Waals surface area (Å²) >= 11 is 3.26. The van der Waals surface area contributed by atoms with Crippen LogP contribution in [-0.2, 0) is 9.53 Å².